The van der Waals surface area contributed by atoms with Gasteiger partial charge in [0.25, 0.3) is 5.91 Å². The normalized spacial score (nSPS) is 10.7. The van der Waals surface area contributed by atoms with E-state index in [0.29, 0.717) is 22.5 Å². The van der Waals surface area contributed by atoms with Crippen LogP contribution in [0.3, 0.4) is 0 Å². The number of aromatic amines is 1. The summed E-state index contributed by atoms with van der Waals surface area (Å²) in [6.45, 7) is 0. The summed E-state index contributed by atoms with van der Waals surface area (Å²) in [6, 6.07) is 14.9. The second kappa shape index (κ2) is 6.38. The van der Waals surface area contributed by atoms with Crippen molar-refractivity contribution < 1.29 is 9.18 Å². The van der Waals surface area contributed by atoms with Crippen molar-refractivity contribution >= 4 is 22.8 Å². The molecule has 0 fully saturated rings. The highest BCUT2D eigenvalue weighted by atomic mass is 19.1. The Labute approximate surface area is 153 Å². The lowest BCUT2D eigenvalue weighted by Gasteiger charge is -2.05. The molecule has 4 rings (SSSR count). The number of carbonyl (C=O) groups is 1. The number of carbonyl (C=O) groups excluding carboxylic acids is 1. The minimum atomic E-state index is -0.670. The number of amides is 1. The summed E-state index contributed by atoms with van der Waals surface area (Å²) in [5, 5.41) is 23.8. The van der Waals surface area contributed by atoms with Gasteiger partial charge in [-0.1, -0.05) is 30.3 Å². The Kier molecular flexibility index (Phi) is 3.90. The standard InChI is InChI=1S/C19H13FN6O/c1-26-18-15(16(25-26)11-5-3-2-4-6-11)17(23-24-18)22-19(27)12-7-8-14(20)13(9-12)10-21/h2-9H,1H3,(H2,22,23,24,27). The van der Waals surface area contributed by atoms with E-state index in [1.54, 1.807) is 17.8 Å². The molecule has 4 aromatic rings. The first kappa shape index (κ1) is 16.5. The first-order valence-corrected chi connectivity index (χ1v) is 8.06. The second-order valence-electron chi connectivity index (χ2n) is 5.90. The van der Waals surface area contributed by atoms with Crippen molar-refractivity contribution in [1.29, 1.82) is 5.26 Å². The van der Waals surface area contributed by atoms with Gasteiger partial charge in [-0.2, -0.15) is 15.5 Å². The Morgan fingerprint density at radius 2 is 2.04 bits per heavy atom. The number of H-pyrrole nitrogens is 1. The zero-order chi connectivity index (χ0) is 19.0. The van der Waals surface area contributed by atoms with Gasteiger partial charge in [0.15, 0.2) is 5.65 Å². The van der Waals surface area contributed by atoms with Gasteiger partial charge in [0.05, 0.1) is 10.9 Å². The summed E-state index contributed by atoms with van der Waals surface area (Å²) in [5.74, 6) is -0.777. The van der Waals surface area contributed by atoms with Crippen molar-refractivity contribution in [1.82, 2.24) is 20.0 Å². The number of anilines is 1. The van der Waals surface area contributed by atoms with E-state index in [9.17, 15) is 9.18 Å². The molecule has 2 aromatic heterocycles. The van der Waals surface area contributed by atoms with Gasteiger partial charge in [0.2, 0.25) is 0 Å². The van der Waals surface area contributed by atoms with Crippen molar-refractivity contribution in [3.63, 3.8) is 0 Å². The molecule has 0 aliphatic carbocycles. The van der Waals surface area contributed by atoms with Gasteiger partial charge in [0, 0.05) is 18.2 Å². The van der Waals surface area contributed by atoms with Gasteiger partial charge in [-0.25, -0.2) is 9.07 Å². The fraction of sp³-hybridized carbons (Fsp3) is 0.0526. The van der Waals surface area contributed by atoms with Crippen LogP contribution in [0.5, 0.6) is 0 Å². The molecule has 0 aliphatic rings. The quantitative estimate of drug-likeness (QED) is 0.586. The summed E-state index contributed by atoms with van der Waals surface area (Å²) >= 11 is 0. The molecule has 7 nitrogen and oxygen atoms in total. The molecular weight excluding hydrogens is 347 g/mol. The molecule has 2 aromatic carbocycles. The van der Waals surface area contributed by atoms with Crippen molar-refractivity contribution in [2.75, 3.05) is 5.32 Å². The highest BCUT2D eigenvalue weighted by Gasteiger charge is 2.20. The van der Waals surface area contributed by atoms with E-state index in [-0.39, 0.29) is 11.1 Å². The molecule has 0 aliphatic heterocycles. The molecule has 0 unspecified atom stereocenters. The molecule has 8 heteroatoms. The van der Waals surface area contributed by atoms with Crippen LogP contribution in [0, 0.1) is 17.1 Å². The number of hydrogen-bond donors (Lipinski definition) is 2. The first-order chi connectivity index (χ1) is 13.1. The molecule has 27 heavy (non-hydrogen) atoms. The largest absolute Gasteiger partial charge is 0.306 e. The second-order valence-corrected chi connectivity index (χ2v) is 5.90. The molecule has 0 saturated carbocycles. The number of rotatable bonds is 3. The third kappa shape index (κ3) is 2.81. The summed E-state index contributed by atoms with van der Waals surface area (Å²) in [6.07, 6.45) is 0. The highest BCUT2D eigenvalue weighted by Crippen LogP contribution is 2.31. The number of nitrogens with zero attached hydrogens (tertiary/aromatic N) is 4. The van der Waals surface area contributed by atoms with Gasteiger partial charge < -0.3 is 5.32 Å². The van der Waals surface area contributed by atoms with E-state index < -0.39 is 11.7 Å². The number of hydrogen-bond acceptors (Lipinski definition) is 4. The fourth-order valence-electron chi connectivity index (χ4n) is 2.86. The lowest BCUT2D eigenvalue weighted by Crippen LogP contribution is -2.13. The molecule has 2 heterocycles. The zero-order valence-electron chi connectivity index (χ0n) is 14.2. The van der Waals surface area contributed by atoms with Crippen molar-refractivity contribution in [2.24, 2.45) is 7.05 Å². The summed E-state index contributed by atoms with van der Waals surface area (Å²) < 4.78 is 15.1. The van der Waals surface area contributed by atoms with Crippen LogP contribution in [-0.2, 0) is 7.05 Å². The maximum absolute atomic E-state index is 13.5. The van der Waals surface area contributed by atoms with Crippen LogP contribution in [0.4, 0.5) is 10.2 Å². The van der Waals surface area contributed by atoms with Crippen LogP contribution < -0.4 is 5.32 Å². The van der Waals surface area contributed by atoms with E-state index in [1.165, 1.54) is 12.1 Å². The fourth-order valence-corrected chi connectivity index (χ4v) is 2.86. The third-order valence-corrected chi connectivity index (χ3v) is 4.18. The number of fused-ring (bicyclic) bond motifs is 1. The predicted molar refractivity (Wildman–Crippen MR) is 97.4 cm³/mol. The number of aryl methyl sites for hydroxylation is 1. The van der Waals surface area contributed by atoms with E-state index in [2.05, 4.69) is 20.6 Å². The predicted octanol–water partition coefficient (Wildman–Crippen LogP) is 3.23. The number of halogens is 1. The number of benzene rings is 2. The molecule has 0 bridgehead atoms. The van der Waals surface area contributed by atoms with Gasteiger partial charge in [0.1, 0.15) is 23.4 Å². The highest BCUT2D eigenvalue weighted by molar-refractivity contribution is 6.10. The number of aromatic nitrogens is 4. The minimum absolute atomic E-state index is 0.167. The molecular formula is C19H13FN6O. The monoisotopic (exact) mass is 360 g/mol. The average molecular weight is 360 g/mol. The molecule has 0 radical (unpaired) electrons. The van der Waals surface area contributed by atoms with Crippen molar-refractivity contribution in [2.45, 2.75) is 0 Å². The van der Waals surface area contributed by atoms with Crippen LogP contribution in [0.2, 0.25) is 0 Å². The summed E-state index contributed by atoms with van der Waals surface area (Å²) in [5.41, 5.74) is 2.12. The molecule has 0 spiro atoms. The topological polar surface area (TPSA) is 99.4 Å². The molecule has 0 saturated heterocycles. The van der Waals surface area contributed by atoms with Crippen molar-refractivity contribution in [3.05, 3.63) is 65.5 Å². The number of nitrogens with one attached hydrogen (secondary N) is 2. The number of nitriles is 1. The van der Waals surface area contributed by atoms with Crippen LogP contribution >= 0.6 is 0 Å². The Balaban J connectivity index is 1.75. The summed E-state index contributed by atoms with van der Waals surface area (Å²) in [4.78, 5) is 12.6. The Bertz CT molecular complexity index is 1200. The van der Waals surface area contributed by atoms with E-state index in [1.807, 2.05) is 30.3 Å². The maximum Gasteiger partial charge on any atom is 0.256 e. The van der Waals surface area contributed by atoms with Crippen LogP contribution in [-0.4, -0.2) is 25.9 Å². The molecule has 132 valence electrons. The van der Waals surface area contributed by atoms with Gasteiger partial charge in [-0.15, -0.1) is 0 Å². The lowest BCUT2D eigenvalue weighted by molar-refractivity contribution is 0.102. The lowest BCUT2D eigenvalue weighted by atomic mass is 10.1. The Morgan fingerprint density at radius 1 is 1.26 bits per heavy atom. The smallest absolute Gasteiger partial charge is 0.256 e. The van der Waals surface area contributed by atoms with Crippen molar-refractivity contribution in [3.8, 4) is 17.3 Å². The van der Waals surface area contributed by atoms with Gasteiger partial charge in [-0.3, -0.25) is 9.89 Å². The molecule has 0 atom stereocenters. The Hall–Kier alpha value is -3.99. The molecule has 2 N–H and O–H groups in total. The average Bonchev–Trinajstić information content (AvgIpc) is 3.24. The maximum atomic E-state index is 13.5. The van der Waals surface area contributed by atoms with Gasteiger partial charge in [-0.05, 0) is 18.2 Å². The SMILES string of the molecule is Cn1nc(-c2ccccc2)c2c(NC(=O)c3ccc(F)c(C#N)c3)[nH]nc21. The van der Waals surface area contributed by atoms with Crippen LogP contribution in [0.1, 0.15) is 15.9 Å². The minimum Gasteiger partial charge on any atom is -0.306 e. The summed E-state index contributed by atoms with van der Waals surface area (Å²) in [7, 11) is 1.76. The third-order valence-electron chi connectivity index (χ3n) is 4.18. The van der Waals surface area contributed by atoms with Crippen LogP contribution in [0.15, 0.2) is 48.5 Å². The van der Waals surface area contributed by atoms with E-state index in [0.717, 1.165) is 11.6 Å². The van der Waals surface area contributed by atoms with E-state index in [4.69, 9.17) is 5.26 Å². The zero-order valence-corrected chi connectivity index (χ0v) is 14.2. The first-order valence-electron chi connectivity index (χ1n) is 8.06. The van der Waals surface area contributed by atoms with E-state index >= 15 is 0 Å². The molecule has 1 amide bonds. The van der Waals surface area contributed by atoms with Crippen LogP contribution in [0.25, 0.3) is 22.3 Å². The Morgan fingerprint density at radius 3 is 2.78 bits per heavy atom. The van der Waals surface area contributed by atoms with Gasteiger partial charge >= 0.3 is 0 Å².